The van der Waals surface area contributed by atoms with E-state index >= 15 is 0 Å². The third-order valence-electron chi connectivity index (χ3n) is 2.93. The Bertz CT molecular complexity index is 602. The predicted molar refractivity (Wildman–Crippen MR) is 75.0 cm³/mol. The second-order valence-electron chi connectivity index (χ2n) is 4.42. The topological polar surface area (TPSA) is 55.8 Å². The molecule has 0 unspecified atom stereocenters. The van der Waals surface area contributed by atoms with Crippen molar-refractivity contribution in [1.29, 1.82) is 0 Å². The molecular weight excluding hydrogens is 256 g/mol. The van der Waals surface area contributed by atoms with Gasteiger partial charge in [0.25, 0.3) is 0 Å². The highest BCUT2D eigenvalue weighted by Gasteiger charge is 2.16. The number of benzene rings is 2. The quantitative estimate of drug-likeness (QED) is 0.869. The summed E-state index contributed by atoms with van der Waals surface area (Å²) in [6, 6.07) is 12.4. The molecule has 2 aromatic carbocycles. The minimum atomic E-state index is -0.582. The molecule has 2 aromatic rings. The smallest absolute Gasteiger partial charge is 0.342 e. The zero-order chi connectivity index (χ0) is 14.5. The molecule has 0 aromatic heterocycles. The molecule has 4 heteroatoms. The van der Waals surface area contributed by atoms with Crippen LogP contribution in [-0.4, -0.2) is 18.2 Å². The van der Waals surface area contributed by atoms with Crippen LogP contribution in [-0.2, 0) is 11.3 Å². The highest BCUT2D eigenvalue weighted by atomic mass is 16.5. The van der Waals surface area contributed by atoms with Crippen LogP contribution in [0.5, 0.6) is 11.5 Å². The maximum atomic E-state index is 11.9. The lowest BCUT2D eigenvalue weighted by atomic mass is 10.1. The molecule has 0 spiro atoms. The van der Waals surface area contributed by atoms with E-state index < -0.39 is 5.97 Å². The zero-order valence-corrected chi connectivity index (χ0v) is 11.4. The molecule has 1 N–H and O–H groups in total. The van der Waals surface area contributed by atoms with Crippen LogP contribution < -0.4 is 4.74 Å². The van der Waals surface area contributed by atoms with Crippen molar-refractivity contribution >= 4 is 5.97 Å². The number of ether oxygens (including phenoxy) is 2. The fraction of sp³-hybridized carbons (Fsp3) is 0.188. The summed E-state index contributed by atoms with van der Waals surface area (Å²) in [6.45, 7) is 2.15. The molecule has 2 rings (SSSR count). The number of phenols is 1. The molecule has 0 aliphatic heterocycles. The first-order chi connectivity index (χ1) is 9.61. The van der Waals surface area contributed by atoms with Gasteiger partial charge in [0, 0.05) is 0 Å². The van der Waals surface area contributed by atoms with Crippen molar-refractivity contribution < 1.29 is 19.4 Å². The number of hydrogen-bond acceptors (Lipinski definition) is 4. The van der Waals surface area contributed by atoms with Gasteiger partial charge in [0.05, 0.1) is 7.11 Å². The normalized spacial score (nSPS) is 10.1. The van der Waals surface area contributed by atoms with E-state index in [0.717, 1.165) is 11.1 Å². The second-order valence-corrected chi connectivity index (χ2v) is 4.42. The van der Waals surface area contributed by atoms with Crippen molar-refractivity contribution in [2.75, 3.05) is 7.11 Å². The molecule has 0 aliphatic rings. The minimum Gasteiger partial charge on any atom is -0.504 e. The predicted octanol–water partition coefficient (Wildman–Crippen LogP) is 3.07. The van der Waals surface area contributed by atoms with Gasteiger partial charge in [0.2, 0.25) is 0 Å². The molecule has 0 radical (unpaired) electrons. The van der Waals surface area contributed by atoms with Gasteiger partial charge in [0.1, 0.15) is 12.2 Å². The van der Waals surface area contributed by atoms with Gasteiger partial charge in [-0.3, -0.25) is 0 Å². The average molecular weight is 272 g/mol. The van der Waals surface area contributed by atoms with Crippen molar-refractivity contribution in [3.8, 4) is 11.5 Å². The molecule has 20 heavy (non-hydrogen) atoms. The van der Waals surface area contributed by atoms with Gasteiger partial charge in [0.15, 0.2) is 11.5 Å². The van der Waals surface area contributed by atoms with Crippen molar-refractivity contribution in [1.82, 2.24) is 0 Å². The molecule has 0 amide bonds. The molecular formula is C16H16O4. The summed E-state index contributed by atoms with van der Waals surface area (Å²) in [5.74, 6) is -0.541. The van der Waals surface area contributed by atoms with Crippen molar-refractivity contribution in [2.45, 2.75) is 13.5 Å². The number of rotatable bonds is 4. The maximum absolute atomic E-state index is 11.9. The van der Waals surface area contributed by atoms with Gasteiger partial charge in [-0.25, -0.2) is 4.79 Å². The summed E-state index contributed by atoms with van der Waals surface area (Å²) in [5, 5.41) is 9.87. The monoisotopic (exact) mass is 272 g/mol. The van der Waals surface area contributed by atoms with Gasteiger partial charge in [-0.15, -0.1) is 0 Å². The standard InChI is InChI=1S/C16H16O4/c1-11-6-8-12(9-7-11)10-20-16(18)13-4-3-5-14(19-2)15(13)17/h3-9,17H,10H2,1-2H3. The van der Waals surface area contributed by atoms with Crippen LogP contribution in [0.25, 0.3) is 0 Å². The zero-order valence-electron chi connectivity index (χ0n) is 11.4. The Labute approximate surface area is 117 Å². The number of carbonyl (C=O) groups excluding carboxylic acids is 1. The van der Waals surface area contributed by atoms with E-state index in [0.29, 0.717) is 0 Å². The van der Waals surface area contributed by atoms with Gasteiger partial charge in [-0.2, -0.15) is 0 Å². The summed E-state index contributed by atoms with van der Waals surface area (Å²) in [4.78, 5) is 11.9. The summed E-state index contributed by atoms with van der Waals surface area (Å²) in [6.07, 6.45) is 0. The van der Waals surface area contributed by atoms with Crippen LogP contribution in [0.2, 0.25) is 0 Å². The third-order valence-corrected chi connectivity index (χ3v) is 2.93. The van der Waals surface area contributed by atoms with E-state index in [1.165, 1.54) is 13.2 Å². The first-order valence-electron chi connectivity index (χ1n) is 6.20. The number of esters is 1. The fourth-order valence-electron chi connectivity index (χ4n) is 1.76. The van der Waals surface area contributed by atoms with E-state index in [9.17, 15) is 9.90 Å². The Hall–Kier alpha value is -2.49. The third kappa shape index (κ3) is 3.09. The minimum absolute atomic E-state index is 0.0939. The summed E-state index contributed by atoms with van der Waals surface area (Å²) in [5.41, 5.74) is 2.13. The SMILES string of the molecule is COc1cccc(C(=O)OCc2ccc(C)cc2)c1O. The van der Waals surface area contributed by atoms with Crippen LogP contribution in [0, 0.1) is 6.92 Å². The van der Waals surface area contributed by atoms with E-state index in [1.807, 2.05) is 31.2 Å². The number of para-hydroxylation sites is 1. The molecule has 0 heterocycles. The summed E-state index contributed by atoms with van der Waals surface area (Å²) in [7, 11) is 1.43. The number of hydrogen-bond donors (Lipinski definition) is 1. The first kappa shape index (κ1) is 13.9. The average Bonchev–Trinajstić information content (AvgIpc) is 2.46. The van der Waals surface area contributed by atoms with Gasteiger partial charge < -0.3 is 14.6 Å². The lowest BCUT2D eigenvalue weighted by Gasteiger charge is -2.09. The molecule has 0 saturated carbocycles. The Kier molecular flexibility index (Phi) is 4.25. The Balaban J connectivity index is 2.07. The second kappa shape index (κ2) is 6.10. The molecule has 104 valence electrons. The number of aryl methyl sites for hydroxylation is 1. The van der Waals surface area contributed by atoms with Gasteiger partial charge in [-0.1, -0.05) is 35.9 Å². The van der Waals surface area contributed by atoms with Crippen LogP contribution in [0.4, 0.5) is 0 Å². The number of aromatic hydroxyl groups is 1. The Morgan fingerprint density at radius 1 is 1.15 bits per heavy atom. The van der Waals surface area contributed by atoms with Gasteiger partial charge >= 0.3 is 5.97 Å². The van der Waals surface area contributed by atoms with Crippen LogP contribution in [0.15, 0.2) is 42.5 Å². The van der Waals surface area contributed by atoms with E-state index in [2.05, 4.69) is 0 Å². The van der Waals surface area contributed by atoms with E-state index in [1.54, 1.807) is 12.1 Å². The molecule has 4 nitrogen and oxygen atoms in total. The summed E-state index contributed by atoms with van der Waals surface area (Å²) >= 11 is 0. The Morgan fingerprint density at radius 2 is 1.85 bits per heavy atom. The van der Waals surface area contributed by atoms with Gasteiger partial charge in [-0.05, 0) is 24.6 Å². The number of phenolic OH excluding ortho intramolecular Hbond substituents is 1. The highest BCUT2D eigenvalue weighted by Crippen LogP contribution is 2.29. The molecule has 0 atom stereocenters. The van der Waals surface area contributed by atoms with Crippen molar-refractivity contribution in [3.63, 3.8) is 0 Å². The van der Waals surface area contributed by atoms with E-state index in [4.69, 9.17) is 9.47 Å². The molecule has 0 aliphatic carbocycles. The Morgan fingerprint density at radius 3 is 2.50 bits per heavy atom. The van der Waals surface area contributed by atoms with Crippen LogP contribution >= 0.6 is 0 Å². The first-order valence-corrected chi connectivity index (χ1v) is 6.20. The van der Waals surface area contributed by atoms with Crippen LogP contribution in [0.3, 0.4) is 0 Å². The number of carbonyl (C=O) groups is 1. The maximum Gasteiger partial charge on any atom is 0.342 e. The molecule has 0 bridgehead atoms. The van der Waals surface area contributed by atoms with Crippen LogP contribution in [0.1, 0.15) is 21.5 Å². The highest BCUT2D eigenvalue weighted by molar-refractivity contribution is 5.93. The molecule has 0 saturated heterocycles. The van der Waals surface area contributed by atoms with E-state index in [-0.39, 0.29) is 23.7 Å². The summed E-state index contributed by atoms with van der Waals surface area (Å²) < 4.78 is 10.1. The number of methoxy groups -OCH3 is 1. The lowest BCUT2D eigenvalue weighted by molar-refractivity contribution is 0.0468. The molecule has 0 fully saturated rings. The van der Waals surface area contributed by atoms with Crippen molar-refractivity contribution in [3.05, 3.63) is 59.2 Å². The largest absolute Gasteiger partial charge is 0.504 e. The van der Waals surface area contributed by atoms with Crippen molar-refractivity contribution in [2.24, 2.45) is 0 Å². The fourth-order valence-corrected chi connectivity index (χ4v) is 1.76. The lowest BCUT2D eigenvalue weighted by Crippen LogP contribution is -2.06.